The Kier molecular flexibility index (Phi) is 5.09. The van der Waals surface area contributed by atoms with Gasteiger partial charge in [-0.25, -0.2) is 4.79 Å². The minimum absolute atomic E-state index is 0.0768. The van der Waals surface area contributed by atoms with E-state index in [1.807, 2.05) is 0 Å². The van der Waals surface area contributed by atoms with Crippen LogP contribution in [0.5, 0.6) is 5.75 Å². The van der Waals surface area contributed by atoms with Gasteiger partial charge in [-0.2, -0.15) is 0 Å². The van der Waals surface area contributed by atoms with Crippen LogP contribution in [0.15, 0.2) is 24.3 Å². The molecule has 23 heavy (non-hydrogen) atoms. The molecule has 0 radical (unpaired) electrons. The number of nitrogens with one attached hydrogen (secondary N) is 1. The van der Waals surface area contributed by atoms with E-state index in [1.165, 1.54) is 23.1 Å². The number of urea groups is 1. The van der Waals surface area contributed by atoms with Crippen LogP contribution in [0.4, 0.5) is 18.0 Å². The number of ether oxygens (including phenoxy) is 1. The zero-order valence-corrected chi connectivity index (χ0v) is 12.4. The van der Waals surface area contributed by atoms with Gasteiger partial charge in [-0.3, -0.25) is 14.6 Å². The fourth-order valence-electron chi connectivity index (χ4n) is 2.23. The lowest BCUT2D eigenvalue weighted by Crippen LogP contribution is -2.40. The largest absolute Gasteiger partial charge is 0.573 e. The van der Waals surface area contributed by atoms with E-state index in [-0.39, 0.29) is 18.8 Å². The summed E-state index contributed by atoms with van der Waals surface area (Å²) in [5.41, 5.74) is 0.297. The summed E-state index contributed by atoms with van der Waals surface area (Å²) in [4.78, 5) is 26.0. The van der Waals surface area contributed by atoms with Gasteiger partial charge in [0.25, 0.3) is 0 Å². The van der Waals surface area contributed by atoms with Crippen LogP contribution in [0.3, 0.4) is 0 Å². The molecule has 0 saturated carbocycles. The quantitative estimate of drug-likeness (QED) is 0.890. The second kappa shape index (κ2) is 6.86. The number of imide groups is 1. The lowest BCUT2D eigenvalue weighted by Gasteiger charge is -2.21. The molecule has 9 heteroatoms. The third kappa shape index (κ3) is 4.85. The first-order valence-electron chi connectivity index (χ1n) is 6.86. The highest BCUT2D eigenvalue weighted by Gasteiger charge is 2.32. The molecular formula is C14H16F3N3O3. The zero-order chi connectivity index (χ0) is 17.0. The molecule has 0 bridgehead atoms. The molecule has 0 unspecified atom stereocenters. The minimum atomic E-state index is -4.78. The molecule has 1 fully saturated rings. The number of nitrogens with zero attached hydrogens (tertiary/aromatic N) is 2. The number of alkyl halides is 3. The third-order valence-electron chi connectivity index (χ3n) is 3.20. The van der Waals surface area contributed by atoms with E-state index < -0.39 is 18.3 Å². The summed E-state index contributed by atoms with van der Waals surface area (Å²) in [7, 11) is 1.58. The molecule has 0 atom stereocenters. The van der Waals surface area contributed by atoms with Crippen molar-refractivity contribution in [3.8, 4) is 5.75 Å². The molecule has 0 aliphatic carbocycles. The first-order valence-corrected chi connectivity index (χ1v) is 6.86. The number of likely N-dealkylation sites (N-methyl/N-ethyl adjacent to an activating group) is 1. The molecule has 1 aromatic carbocycles. The number of halogens is 3. The van der Waals surface area contributed by atoms with Crippen molar-refractivity contribution in [3.05, 3.63) is 29.8 Å². The van der Waals surface area contributed by atoms with Gasteiger partial charge in [0.15, 0.2) is 0 Å². The molecule has 0 spiro atoms. The van der Waals surface area contributed by atoms with Crippen LogP contribution in [0.2, 0.25) is 0 Å². The standard InChI is InChI=1S/C14H16F3N3O3/c1-19(9-12(21)20-7-6-18-13(20)22)8-10-4-2-3-5-11(10)23-14(15,16)17/h2-5H,6-9H2,1H3,(H,18,22). The maximum absolute atomic E-state index is 12.4. The highest BCUT2D eigenvalue weighted by Crippen LogP contribution is 2.26. The monoisotopic (exact) mass is 331 g/mol. The summed E-state index contributed by atoms with van der Waals surface area (Å²) in [5, 5.41) is 2.51. The number of carbonyl (C=O) groups is 2. The lowest BCUT2D eigenvalue weighted by atomic mass is 10.2. The van der Waals surface area contributed by atoms with E-state index >= 15 is 0 Å². The number of benzene rings is 1. The zero-order valence-electron chi connectivity index (χ0n) is 12.4. The Morgan fingerprint density at radius 1 is 1.39 bits per heavy atom. The Bertz CT molecular complexity index is 592. The number of amides is 3. The van der Waals surface area contributed by atoms with Gasteiger partial charge in [-0.1, -0.05) is 18.2 Å². The maximum Gasteiger partial charge on any atom is 0.573 e. The highest BCUT2D eigenvalue weighted by molar-refractivity contribution is 5.96. The van der Waals surface area contributed by atoms with Crippen LogP contribution in [-0.4, -0.2) is 54.8 Å². The molecule has 1 saturated heterocycles. The molecule has 6 nitrogen and oxygen atoms in total. The van der Waals surface area contributed by atoms with E-state index in [9.17, 15) is 22.8 Å². The smallest absolute Gasteiger partial charge is 0.405 e. The summed E-state index contributed by atoms with van der Waals surface area (Å²) in [6, 6.07) is 5.27. The Morgan fingerprint density at radius 2 is 2.09 bits per heavy atom. The lowest BCUT2D eigenvalue weighted by molar-refractivity contribution is -0.275. The minimum Gasteiger partial charge on any atom is -0.405 e. The topological polar surface area (TPSA) is 61.9 Å². The van der Waals surface area contributed by atoms with E-state index in [1.54, 1.807) is 13.1 Å². The van der Waals surface area contributed by atoms with Crippen LogP contribution in [0, 0.1) is 0 Å². The molecular weight excluding hydrogens is 315 g/mol. The molecule has 126 valence electrons. The van der Waals surface area contributed by atoms with Crippen molar-refractivity contribution in [2.75, 3.05) is 26.7 Å². The van der Waals surface area contributed by atoms with Crippen molar-refractivity contribution in [1.29, 1.82) is 0 Å². The second-order valence-electron chi connectivity index (χ2n) is 5.11. The van der Waals surface area contributed by atoms with Crippen LogP contribution in [-0.2, 0) is 11.3 Å². The number of carbonyl (C=O) groups excluding carboxylic acids is 2. The van der Waals surface area contributed by atoms with Crippen LogP contribution in [0.1, 0.15) is 5.56 Å². The molecule has 0 aromatic heterocycles. The second-order valence-corrected chi connectivity index (χ2v) is 5.11. The van der Waals surface area contributed by atoms with Crippen molar-refractivity contribution in [2.24, 2.45) is 0 Å². The molecule has 2 rings (SSSR count). The summed E-state index contributed by atoms with van der Waals surface area (Å²) >= 11 is 0. The van der Waals surface area contributed by atoms with Gasteiger partial charge in [0.05, 0.1) is 6.54 Å². The number of hydrogen-bond acceptors (Lipinski definition) is 4. The normalized spacial score (nSPS) is 15.0. The van der Waals surface area contributed by atoms with E-state index in [0.717, 1.165) is 4.90 Å². The fraction of sp³-hybridized carbons (Fsp3) is 0.429. The van der Waals surface area contributed by atoms with Gasteiger partial charge in [-0.05, 0) is 13.1 Å². The molecule has 1 aliphatic heterocycles. The highest BCUT2D eigenvalue weighted by atomic mass is 19.4. The Labute approximate surface area is 130 Å². The first-order chi connectivity index (χ1) is 10.8. The van der Waals surface area contributed by atoms with Gasteiger partial charge in [0.1, 0.15) is 5.75 Å². The molecule has 1 aromatic rings. The van der Waals surface area contributed by atoms with Gasteiger partial charge < -0.3 is 10.1 Å². The Morgan fingerprint density at radius 3 is 2.70 bits per heavy atom. The number of para-hydroxylation sites is 1. The molecule has 1 aliphatic rings. The average Bonchev–Trinajstić information content (AvgIpc) is 2.85. The predicted molar refractivity (Wildman–Crippen MR) is 74.6 cm³/mol. The van der Waals surface area contributed by atoms with E-state index in [0.29, 0.717) is 18.7 Å². The van der Waals surface area contributed by atoms with Crippen molar-refractivity contribution in [2.45, 2.75) is 12.9 Å². The number of rotatable bonds is 5. The Hall–Kier alpha value is -2.29. The van der Waals surface area contributed by atoms with Crippen molar-refractivity contribution in [3.63, 3.8) is 0 Å². The van der Waals surface area contributed by atoms with Gasteiger partial charge in [0.2, 0.25) is 5.91 Å². The van der Waals surface area contributed by atoms with Crippen molar-refractivity contribution >= 4 is 11.9 Å². The number of hydrogen-bond donors (Lipinski definition) is 1. The van der Waals surface area contributed by atoms with E-state index in [4.69, 9.17) is 0 Å². The Balaban J connectivity index is 1.98. The van der Waals surface area contributed by atoms with Crippen LogP contribution >= 0.6 is 0 Å². The fourth-order valence-corrected chi connectivity index (χ4v) is 2.23. The first kappa shape index (κ1) is 17.1. The van der Waals surface area contributed by atoms with Crippen LogP contribution < -0.4 is 10.1 Å². The van der Waals surface area contributed by atoms with Gasteiger partial charge >= 0.3 is 12.4 Å². The molecule has 3 amide bonds. The maximum atomic E-state index is 12.4. The van der Waals surface area contributed by atoms with Crippen molar-refractivity contribution < 1.29 is 27.5 Å². The van der Waals surface area contributed by atoms with E-state index in [2.05, 4.69) is 10.1 Å². The third-order valence-corrected chi connectivity index (χ3v) is 3.20. The van der Waals surface area contributed by atoms with Gasteiger partial charge in [0, 0.05) is 25.2 Å². The molecule has 1 heterocycles. The predicted octanol–water partition coefficient (Wildman–Crippen LogP) is 1.57. The van der Waals surface area contributed by atoms with Crippen molar-refractivity contribution in [1.82, 2.24) is 15.1 Å². The van der Waals surface area contributed by atoms with Gasteiger partial charge in [-0.15, -0.1) is 13.2 Å². The SMILES string of the molecule is CN(CC(=O)N1CCNC1=O)Cc1ccccc1OC(F)(F)F. The summed E-state index contributed by atoms with van der Waals surface area (Å²) in [6.45, 7) is 0.678. The summed E-state index contributed by atoms with van der Waals surface area (Å²) in [5.74, 6) is -0.713. The average molecular weight is 331 g/mol. The van der Waals surface area contributed by atoms with Crippen LogP contribution in [0.25, 0.3) is 0 Å². The summed E-state index contributed by atoms with van der Waals surface area (Å²) in [6.07, 6.45) is -4.78. The molecule has 1 N–H and O–H groups in total. The summed E-state index contributed by atoms with van der Waals surface area (Å²) < 4.78 is 41.1.